The highest BCUT2D eigenvalue weighted by atomic mass is 79.9. The first-order valence-electron chi connectivity index (χ1n) is 6.51. The molecule has 6 nitrogen and oxygen atoms in total. The van der Waals surface area contributed by atoms with E-state index < -0.39 is 0 Å². The van der Waals surface area contributed by atoms with Gasteiger partial charge in [0.15, 0.2) is 0 Å². The Kier molecular flexibility index (Phi) is 4.85. The first kappa shape index (κ1) is 15.1. The number of halogens is 1. The second kappa shape index (κ2) is 6.43. The molecule has 0 aliphatic carbocycles. The average molecular weight is 339 g/mol. The van der Waals surface area contributed by atoms with E-state index in [0.29, 0.717) is 6.42 Å². The molecule has 0 aliphatic rings. The van der Waals surface area contributed by atoms with Gasteiger partial charge in [-0.25, -0.2) is 0 Å². The smallest absolute Gasteiger partial charge is 0.0773 e. The highest BCUT2D eigenvalue weighted by Gasteiger charge is 2.19. The van der Waals surface area contributed by atoms with Crippen LogP contribution in [0.3, 0.4) is 0 Å². The van der Waals surface area contributed by atoms with Gasteiger partial charge in [0.1, 0.15) is 0 Å². The van der Waals surface area contributed by atoms with Crippen LogP contribution < -0.4 is 11.3 Å². The second-order valence-corrected chi connectivity index (χ2v) is 5.48. The Balaban J connectivity index is 2.26. The highest BCUT2D eigenvalue weighted by Crippen LogP contribution is 2.25. The Labute approximate surface area is 126 Å². The molecule has 2 aromatic heterocycles. The normalized spacial score (nSPS) is 12.7. The van der Waals surface area contributed by atoms with E-state index in [9.17, 15) is 0 Å². The van der Waals surface area contributed by atoms with Crippen LogP contribution in [0, 0.1) is 6.92 Å². The van der Waals surface area contributed by atoms with Gasteiger partial charge in [-0.05, 0) is 29.3 Å². The maximum absolute atomic E-state index is 5.67. The van der Waals surface area contributed by atoms with Crippen molar-refractivity contribution in [1.29, 1.82) is 0 Å². The van der Waals surface area contributed by atoms with Gasteiger partial charge in [-0.15, -0.1) is 0 Å². The van der Waals surface area contributed by atoms with Crippen LogP contribution in [0.15, 0.2) is 16.9 Å². The summed E-state index contributed by atoms with van der Waals surface area (Å²) in [5.74, 6) is 5.67. The number of hydrogen-bond acceptors (Lipinski definition) is 5. The molecule has 0 aromatic carbocycles. The van der Waals surface area contributed by atoms with Crippen molar-refractivity contribution in [2.75, 3.05) is 0 Å². The topological polar surface area (TPSA) is 81.7 Å². The van der Waals surface area contributed by atoms with Gasteiger partial charge in [-0.2, -0.15) is 5.10 Å². The third kappa shape index (κ3) is 3.05. The fourth-order valence-electron chi connectivity index (χ4n) is 2.07. The van der Waals surface area contributed by atoms with Gasteiger partial charge in [-0.3, -0.25) is 25.9 Å². The Bertz CT molecular complexity index is 577. The molecule has 0 radical (unpaired) electrons. The summed E-state index contributed by atoms with van der Waals surface area (Å²) in [5.41, 5.74) is 6.65. The number of nitrogens with two attached hydrogens (primary N) is 1. The Morgan fingerprint density at radius 1 is 1.40 bits per heavy atom. The Morgan fingerprint density at radius 3 is 2.65 bits per heavy atom. The van der Waals surface area contributed by atoms with Gasteiger partial charge in [-0.1, -0.05) is 6.92 Å². The lowest BCUT2D eigenvalue weighted by molar-refractivity contribution is 0.515. The number of rotatable bonds is 5. The maximum Gasteiger partial charge on any atom is 0.0773 e. The van der Waals surface area contributed by atoms with E-state index in [1.54, 1.807) is 12.4 Å². The summed E-state index contributed by atoms with van der Waals surface area (Å²) >= 11 is 3.62. The molecule has 0 saturated heterocycles. The van der Waals surface area contributed by atoms with E-state index in [0.717, 1.165) is 33.7 Å². The summed E-state index contributed by atoms with van der Waals surface area (Å²) in [5, 5.41) is 4.49. The third-order valence-electron chi connectivity index (χ3n) is 3.26. The molecule has 20 heavy (non-hydrogen) atoms. The summed E-state index contributed by atoms with van der Waals surface area (Å²) < 4.78 is 2.93. The molecule has 108 valence electrons. The van der Waals surface area contributed by atoms with Crippen molar-refractivity contribution in [2.45, 2.75) is 32.7 Å². The SMILES string of the molecule is CCc1nn(C)c(CC(NN)c2cnc(C)cn2)c1Br. The third-order valence-corrected chi connectivity index (χ3v) is 4.17. The lowest BCUT2D eigenvalue weighted by Gasteiger charge is -2.15. The molecule has 1 unspecified atom stereocenters. The quantitative estimate of drug-likeness (QED) is 0.639. The standard InChI is InChI=1S/C13H19BrN6/c1-4-9-13(14)12(20(3)19-9)5-10(18-15)11-7-16-8(2)6-17-11/h6-7,10,18H,4-5,15H2,1-3H3. The van der Waals surface area contributed by atoms with Gasteiger partial charge in [0.2, 0.25) is 0 Å². The minimum Gasteiger partial charge on any atom is -0.271 e. The fourth-order valence-corrected chi connectivity index (χ4v) is 2.84. The van der Waals surface area contributed by atoms with Crippen LogP contribution in [-0.2, 0) is 19.9 Å². The van der Waals surface area contributed by atoms with Gasteiger partial charge >= 0.3 is 0 Å². The van der Waals surface area contributed by atoms with Crippen LogP contribution in [0.2, 0.25) is 0 Å². The molecule has 0 bridgehead atoms. The van der Waals surface area contributed by atoms with Crippen molar-refractivity contribution in [3.8, 4) is 0 Å². The lowest BCUT2D eigenvalue weighted by atomic mass is 10.1. The number of nitrogens with one attached hydrogen (secondary N) is 1. The highest BCUT2D eigenvalue weighted by molar-refractivity contribution is 9.10. The monoisotopic (exact) mass is 338 g/mol. The zero-order valence-electron chi connectivity index (χ0n) is 11.9. The predicted molar refractivity (Wildman–Crippen MR) is 80.8 cm³/mol. The van der Waals surface area contributed by atoms with E-state index in [1.807, 2.05) is 18.7 Å². The van der Waals surface area contributed by atoms with Crippen LogP contribution in [0.25, 0.3) is 0 Å². The molecule has 2 aromatic rings. The fraction of sp³-hybridized carbons (Fsp3) is 0.462. The molecule has 2 rings (SSSR count). The number of aromatic nitrogens is 4. The van der Waals surface area contributed by atoms with Gasteiger partial charge in [0, 0.05) is 19.7 Å². The average Bonchev–Trinajstić information content (AvgIpc) is 2.72. The minimum absolute atomic E-state index is 0.0977. The van der Waals surface area contributed by atoms with E-state index in [2.05, 4.69) is 43.3 Å². The van der Waals surface area contributed by atoms with E-state index in [-0.39, 0.29) is 6.04 Å². The van der Waals surface area contributed by atoms with Crippen molar-refractivity contribution >= 4 is 15.9 Å². The first-order valence-corrected chi connectivity index (χ1v) is 7.31. The molecule has 0 spiro atoms. The van der Waals surface area contributed by atoms with Crippen LogP contribution in [-0.4, -0.2) is 19.7 Å². The second-order valence-electron chi connectivity index (χ2n) is 4.69. The number of aryl methyl sites for hydroxylation is 3. The maximum atomic E-state index is 5.67. The molecule has 2 heterocycles. The molecule has 1 atom stereocenters. The van der Waals surface area contributed by atoms with Crippen molar-refractivity contribution in [3.05, 3.63) is 39.6 Å². The van der Waals surface area contributed by atoms with E-state index in [4.69, 9.17) is 5.84 Å². The first-order chi connectivity index (χ1) is 9.56. The van der Waals surface area contributed by atoms with Gasteiger partial charge in [0.25, 0.3) is 0 Å². The predicted octanol–water partition coefficient (Wildman–Crippen LogP) is 1.59. The Hall–Kier alpha value is -1.31. The molecule has 0 saturated carbocycles. The number of nitrogens with zero attached hydrogens (tertiary/aromatic N) is 4. The number of hydrazine groups is 1. The summed E-state index contributed by atoms with van der Waals surface area (Å²) in [7, 11) is 1.94. The zero-order chi connectivity index (χ0) is 14.7. The minimum atomic E-state index is -0.0977. The van der Waals surface area contributed by atoms with Crippen molar-refractivity contribution in [3.63, 3.8) is 0 Å². The molecular formula is C13H19BrN6. The summed E-state index contributed by atoms with van der Waals surface area (Å²) in [4.78, 5) is 8.65. The molecule has 0 fully saturated rings. The van der Waals surface area contributed by atoms with Gasteiger partial charge in [0.05, 0.1) is 39.5 Å². The van der Waals surface area contributed by atoms with Crippen LogP contribution in [0.4, 0.5) is 0 Å². The van der Waals surface area contributed by atoms with Crippen LogP contribution in [0.5, 0.6) is 0 Å². The zero-order valence-corrected chi connectivity index (χ0v) is 13.5. The molecule has 3 N–H and O–H groups in total. The van der Waals surface area contributed by atoms with Crippen LogP contribution >= 0.6 is 15.9 Å². The Morgan fingerprint density at radius 2 is 2.15 bits per heavy atom. The summed E-state index contributed by atoms with van der Waals surface area (Å²) in [6.07, 6.45) is 5.08. The van der Waals surface area contributed by atoms with Crippen molar-refractivity contribution in [2.24, 2.45) is 12.9 Å². The van der Waals surface area contributed by atoms with Crippen molar-refractivity contribution < 1.29 is 0 Å². The number of hydrogen-bond donors (Lipinski definition) is 2. The largest absolute Gasteiger partial charge is 0.271 e. The van der Waals surface area contributed by atoms with Crippen LogP contribution in [0.1, 0.15) is 35.7 Å². The van der Waals surface area contributed by atoms with Gasteiger partial charge < -0.3 is 0 Å². The molecule has 7 heteroatoms. The van der Waals surface area contributed by atoms with E-state index >= 15 is 0 Å². The molecule has 0 amide bonds. The van der Waals surface area contributed by atoms with Crippen molar-refractivity contribution in [1.82, 2.24) is 25.2 Å². The summed E-state index contributed by atoms with van der Waals surface area (Å²) in [6.45, 7) is 3.99. The summed E-state index contributed by atoms with van der Waals surface area (Å²) in [6, 6.07) is -0.0977. The van der Waals surface area contributed by atoms with E-state index in [1.165, 1.54) is 0 Å². The molecular weight excluding hydrogens is 320 g/mol. The molecule has 0 aliphatic heterocycles. The lowest BCUT2D eigenvalue weighted by Crippen LogP contribution is -2.31.